The highest BCUT2D eigenvalue weighted by Crippen LogP contribution is 2.34. The maximum absolute atomic E-state index is 12.3. The van der Waals surface area contributed by atoms with Crippen molar-refractivity contribution in [2.75, 3.05) is 17.7 Å². The van der Waals surface area contributed by atoms with Crippen LogP contribution in [-0.2, 0) is 16.0 Å². The van der Waals surface area contributed by atoms with E-state index in [0.29, 0.717) is 55.6 Å². The lowest BCUT2D eigenvalue weighted by molar-refractivity contribution is -0.142. The maximum Gasteiger partial charge on any atom is 0.319 e. The fourth-order valence-corrected chi connectivity index (χ4v) is 3.50. The van der Waals surface area contributed by atoms with Gasteiger partial charge in [0.2, 0.25) is 5.91 Å². The van der Waals surface area contributed by atoms with Gasteiger partial charge >= 0.3 is 12.0 Å². The summed E-state index contributed by atoms with van der Waals surface area (Å²) in [6.45, 7) is 0. The molecule has 1 aromatic carbocycles. The van der Waals surface area contributed by atoms with E-state index in [0.717, 1.165) is 5.56 Å². The van der Waals surface area contributed by atoms with E-state index in [9.17, 15) is 14.4 Å². The third-order valence-electron chi connectivity index (χ3n) is 4.98. The molecule has 1 aliphatic carbocycles. The first-order valence-corrected chi connectivity index (χ1v) is 8.77. The minimum Gasteiger partial charge on any atom is -0.495 e. The number of rotatable bonds is 4. The first kappa shape index (κ1) is 18.0. The van der Waals surface area contributed by atoms with Crippen molar-refractivity contribution in [1.29, 1.82) is 0 Å². The number of fused-ring (bicyclic) bond motifs is 1. The number of urea groups is 1. The van der Waals surface area contributed by atoms with Gasteiger partial charge < -0.3 is 25.8 Å². The quantitative estimate of drug-likeness (QED) is 0.657. The van der Waals surface area contributed by atoms with Crippen LogP contribution in [-0.4, -0.2) is 36.2 Å². The summed E-state index contributed by atoms with van der Waals surface area (Å²) >= 11 is 0. The van der Waals surface area contributed by atoms with Gasteiger partial charge in [-0.1, -0.05) is 0 Å². The van der Waals surface area contributed by atoms with E-state index in [1.807, 2.05) is 6.07 Å². The van der Waals surface area contributed by atoms with Crippen LogP contribution < -0.4 is 20.7 Å². The van der Waals surface area contributed by atoms with Gasteiger partial charge in [-0.2, -0.15) is 0 Å². The van der Waals surface area contributed by atoms with Crippen LogP contribution in [0.1, 0.15) is 37.7 Å². The second-order valence-electron chi connectivity index (χ2n) is 6.74. The fraction of sp³-hybridized carbons (Fsp3) is 0.500. The Bertz CT molecular complexity index is 726. The molecule has 1 saturated carbocycles. The van der Waals surface area contributed by atoms with Gasteiger partial charge in [-0.15, -0.1) is 0 Å². The SMILES string of the molecule is COc1cc2c(cc1NC(=O)NC1CCC(C(=O)O)CC1)NC(=O)CC2. The van der Waals surface area contributed by atoms with Gasteiger partial charge in [-0.05, 0) is 49.8 Å². The zero-order valence-corrected chi connectivity index (χ0v) is 14.6. The number of aliphatic carboxylic acids is 1. The van der Waals surface area contributed by atoms with E-state index in [-0.39, 0.29) is 23.9 Å². The lowest BCUT2D eigenvalue weighted by atomic mass is 9.86. The molecule has 2 aliphatic rings. The monoisotopic (exact) mass is 361 g/mol. The molecule has 1 heterocycles. The summed E-state index contributed by atoms with van der Waals surface area (Å²) < 4.78 is 5.35. The van der Waals surface area contributed by atoms with Crippen LogP contribution in [0.25, 0.3) is 0 Å². The standard InChI is InChI=1S/C18H23N3O5/c1-26-15-8-11-4-7-16(22)20-13(11)9-14(15)21-18(25)19-12-5-2-10(3-6-12)17(23)24/h8-10,12H,2-7H2,1H3,(H,20,22)(H,23,24)(H2,19,21,25). The lowest BCUT2D eigenvalue weighted by Gasteiger charge is -2.27. The van der Waals surface area contributed by atoms with Crippen LogP contribution in [0.5, 0.6) is 5.75 Å². The predicted octanol–water partition coefficient (Wildman–Crippen LogP) is 2.34. The topological polar surface area (TPSA) is 117 Å². The number of anilines is 2. The van der Waals surface area contributed by atoms with Crippen LogP contribution in [0.3, 0.4) is 0 Å². The zero-order valence-electron chi connectivity index (χ0n) is 14.6. The molecule has 0 unspecified atom stereocenters. The van der Waals surface area contributed by atoms with Gasteiger partial charge in [-0.25, -0.2) is 4.79 Å². The first-order valence-electron chi connectivity index (χ1n) is 8.77. The molecule has 140 valence electrons. The van der Waals surface area contributed by atoms with Crippen molar-refractivity contribution < 1.29 is 24.2 Å². The first-order chi connectivity index (χ1) is 12.5. The van der Waals surface area contributed by atoms with E-state index in [1.165, 1.54) is 7.11 Å². The minimum absolute atomic E-state index is 0.0473. The smallest absolute Gasteiger partial charge is 0.319 e. The largest absolute Gasteiger partial charge is 0.495 e. The molecule has 1 aromatic rings. The fourth-order valence-electron chi connectivity index (χ4n) is 3.50. The molecule has 0 spiro atoms. The number of carboxylic acid groups (broad SMARTS) is 1. The van der Waals surface area contributed by atoms with Crippen molar-refractivity contribution in [1.82, 2.24) is 5.32 Å². The summed E-state index contributed by atoms with van der Waals surface area (Å²) in [6, 6.07) is 3.10. The van der Waals surface area contributed by atoms with Crippen molar-refractivity contribution in [3.05, 3.63) is 17.7 Å². The summed E-state index contributed by atoms with van der Waals surface area (Å²) in [4.78, 5) is 34.9. The van der Waals surface area contributed by atoms with Gasteiger partial charge in [0.05, 0.1) is 18.7 Å². The Balaban J connectivity index is 1.63. The number of hydrogen-bond acceptors (Lipinski definition) is 4. The molecule has 8 heteroatoms. The molecule has 0 atom stereocenters. The Morgan fingerprint density at radius 2 is 1.92 bits per heavy atom. The van der Waals surface area contributed by atoms with Crippen LogP contribution in [0.4, 0.5) is 16.2 Å². The number of carbonyl (C=O) groups is 3. The Hall–Kier alpha value is -2.77. The Morgan fingerprint density at radius 3 is 2.58 bits per heavy atom. The predicted molar refractivity (Wildman–Crippen MR) is 95.5 cm³/mol. The summed E-state index contributed by atoms with van der Waals surface area (Å²) in [6.07, 6.45) is 3.48. The van der Waals surface area contributed by atoms with Gasteiger partial charge in [0.1, 0.15) is 5.75 Å². The van der Waals surface area contributed by atoms with Crippen LogP contribution in [0, 0.1) is 5.92 Å². The van der Waals surface area contributed by atoms with Gasteiger partial charge in [0, 0.05) is 18.2 Å². The van der Waals surface area contributed by atoms with Gasteiger partial charge in [-0.3, -0.25) is 9.59 Å². The summed E-state index contributed by atoms with van der Waals surface area (Å²) in [5, 5.41) is 17.5. The number of carbonyl (C=O) groups excluding carboxylic acids is 2. The number of nitrogens with one attached hydrogen (secondary N) is 3. The number of ether oxygens (including phenoxy) is 1. The molecule has 8 nitrogen and oxygen atoms in total. The van der Waals surface area contributed by atoms with Crippen molar-refractivity contribution in [2.24, 2.45) is 5.92 Å². The van der Waals surface area contributed by atoms with Crippen molar-refractivity contribution in [2.45, 2.75) is 44.6 Å². The van der Waals surface area contributed by atoms with E-state index in [1.54, 1.807) is 6.07 Å². The highest BCUT2D eigenvalue weighted by Gasteiger charge is 2.27. The molecule has 3 amide bonds. The van der Waals surface area contributed by atoms with Crippen LogP contribution in [0.2, 0.25) is 0 Å². The number of carboxylic acids is 1. The zero-order chi connectivity index (χ0) is 18.7. The third-order valence-corrected chi connectivity index (χ3v) is 4.98. The third kappa shape index (κ3) is 4.07. The van der Waals surface area contributed by atoms with E-state index < -0.39 is 5.97 Å². The van der Waals surface area contributed by atoms with Crippen molar-refractivity contribution in [3.8, 4) is 5.75 Å². The van der Waals surface area contributed by atoms with Crippen LogP contribution >= 0.6 is 0 Å². The molecule has 0 radical (unpaired) electrons. The van der Waals surface area contributed by atoms with Gasteiger partial charge in [0.25, 0.3) is 0 Å². The number of hydrogen-bond donors (Lipinski definition) is 4. The number of methoxy groups -OCH3 is 1. The second kappa shape index (κ2) is 7.63. The van der Waals surface area contributed by atoms with E-state index in [4.69, 9.17) is 9.84 Å². The molecule has 0 aromatic heterocycles. The highest BCUT2D eigenvalue weighted by molar-refractivity contribution is 5.97. The average Bonchev–Trinajstić information content (AvgIpc) is 2.61. The average molecular weight is 361 g/mol. The summed E-state index contributed by atoms with van der Waals surface area (Å²) in [5.41, 5.74) is 2.13. The van der Waals surface area contributed by atoms with Gasteiger partial charge in [0.15, 0.2) is 0 Å². The molecule has 3 rings (SSSR count). The lowest BCUT2D eigenvalue weighted by Crippen LogP contribution is -2.41. The molecule has 4 N–H and O–H groups in total. The molecule has 0 bridgehead atoms. The van der Waals surface area contributed by atoms with E-state index >= 15 is 0 Å². The summed E-state index contributed by atoms with van der Waals surface area (Å²) in [7, 11) is 1.53. The van der Waals surface area contributed by atoms with Crippen LogP contribution in [0.15, 0.2) is 12.1 Å². The van der Waals surface area contributed by atoms with E-state index in [2.05, 4.69) is 16.0 Å². The maximum atomic E-state index is 12.3. The number of aryl methyl sites for hydroxylation is 1. The molecular weight excluding hydrogens is 338 g/mol. The minimum atomic E-state index is -0.770. The molecular formula is C18H23N3O5. The Morgan fingerprint density at radius 1 is 1.19 bits per heavy atom. The highest BCUT2D eigenvalue weighted by atomic mass is 16.5. The molecule has 1 aliphatic heterocycles. The Labute approximate surface area is 151 Å². The normalized spacial score (nSPS) is 22.0. The second-order valence-corrected chi connectivity index (χ2v) is 6.74. The Kier molecular flexibility index (Phi) is 5.29. The number of benzene rings is 1. The summed E-state index contributed by atoms with van der Waals surface area (Å²) in [5.74, 6) is -0.605. The molecule has 0 saturated heterocycles. The van der Waals surface area contributed by atoms with Crippen molar-refractivity contribution >= 4 is 29.3 Å². The molecule has 26 heavy (non-hydrogen) atoms. The van der Waals surface area contributed by atoms with Crippen molar-refractivity contribution in [3.63, 3.8) is 0 Å². The number of amides is 3. The molecule has 1 fully saturated rings.